The van der Waals surface area contributed by atoms with Crippen molar-refractivity contribution in [2.24, 2.45) is 11.0 Å². The van der Waals surface area contributed by atoms with Gasteiger partial charge in [-0.1, -0.05) is 26.2 Å². The third kappa shape index (κ3) is 3.74. The highest BCUT2D eigenvalue weighted by atomic mass is 16.4. The molecule has 0 aromatic heterocycles. The number of amides is 2. The number of nitrogens with zero attached hydrogens (tertiary/aromatic N) is 3. The average Bonchev–Trinajstić information content (AvgIpc) is 2.81. The number of carboxylic acid groups (broad SMARTS) is 1. The normalized spacial score (nSPS) is 21.3. The van der Waals surface area contributed by atoms with Gasteiger partial charge in [0.1, 0.15) is 0 Å². The molecule has 2 rings (SSSR count). The molecule has 0 saturated heterocycles. The van der Waals surface area contributed by atoms with Gasteiger partial charge in [0.2, 0.25) is 5.91 Å². The zero-order chi connectivity index (χ0) is 15.4. The molecule has 0 aromatic carbocycles. The Hall–Kier alpha value is -1.59. The number of hydrogen-bond acceptors (Lipinski definition) is 3. The summed E-state index contributed by atoms with van der Waals surface area (Å²) >= 11 is 0. The van der Waals surface area contributed by atoms with Crippen molar-refractivity contribution in [1.82, 2.24) is 9.91 Å². The number of carbonyl (C=O) groups excluding carboxylic acids is 1. The van der Waals surface area contributed by atoms with Crippen molar-refractivity contribution >= 4 is 17.7 Å². The third-order valence-electron chi connectivity index (χ3n) is 4.53. The Bertz CT molecular complexity index is 430. The second-order valence-corrected chi connectivity index (χ2v) is 6.09. The smallest absolute Gasteiger partial charge is 0.407 e. The molecular formula is C15H25N3O3. The number of hydrazone groups is 1. The zero-order valence-corrected chi connectivity index (χ0v) is 12.9. The Morgan fingerprint density at radius 3 is 2.67 bits per heavy atom. The lowest BCUT2D eigenvalue weighted by Gasteiger charge is -2.33. The second-order valence-electron chi connectivity index (χ2n) is 6.09. The highest BCUT2D eigenvalue weighted by molar-refractivity contribution is 6.06. The summed E-state index contributed by atoms with van der Waals surface area (Å²) in [6.07, 6.45) is 6.26. The maximum atomic E-state index is 12.2. The molecular weight excluding hydrogens is 270 g/mol. The average molecular weight is 295 g/mol. The van der Waals surface area contributed by atoms with Gasteiger partial charge in [0, 0.05) is 7.05 Å². The monoisotopic (exact) mass is 295 g/mol. The van der Waals surface area contributed by atoms with E-state index in [4.69, 9.17) is 5.11 Å². The van der Waals surface area contributed by atoms with E-state index in [0.717, 1.165) is 11.3 Å². The molecule has 1 unspecified atom stereocenters. The summed E-state index contributed by atoms with van der Waals surface area (Å²) in [6, 6.07) is 0.172. The first-order chi connectivity index (χ1) is 10.0. The zero-order valence-electron chi connectivity index (χ0n) is 12.9. The fourth-order valence-electron chi connectivity index (χ4n) is 3.41. The molecule has 1 N–H and O–H groups in total. The molecule has 0 spiro atoms. The molecule has 6 heteroatoms. The lowest BCUT2D eigenvalue weighted by atomic mass is 9.82. The van der Waals surface area contributed by atoms with Crippen molar-refractivity contribution in [3.8, 4) is 0 Å². The van der Waals surface area contributed by atoms with Crippen molar-refractivity contribution in [2.75, 3.05) is 13.6 Å². The van der Waals surface area contributed by atoms with Crippen LogP contribution < -0.4 is 0 Å². The van der Waals surface area contributed by atoms with Crippen LogP contribution in [0, 0.1) is 5.92 Å². The van der Waals surface area contributed by atoms with Crippen LogP contribution in [-0.2, 0) is 4.79 Å². The van der Waals surface area contributed by atoms with Gasteiger partial charge in [-0.25, -0.2) is 9.80 Å². The summed E-state index contributed by atoms with van der Waals surface area (Å²) in [6.45, 7) is 2.31. The second kappa shape index (κ2) is 6.91. The SMILES string of the molecule is CCC(C1CCCCC1)N1N=C(CN(C)C(=O)O)CC1=O. The van der Waals surface area contributed by atoms with Crippen molar-refractivity contribution in [2.45, 2.75) is 57.9 Å². The van der Waals surface area contributed by atoms with E-state index in [1.54, 1.807) is 5.01 Å². The minimum absolute atomic E-state index is 0.0150. The van der Waals surface area contributed by atoms with Crippen molar-refractivity contribution < 1.29 is 14.7 Å². The summed E-state index contributed by atoms with van der Waals surface area (Å²) < 4.78 is 0. The van der Waals surface area contributed by atoms with Crippen LogP contribution >= 0.6 is 0 Å². The minimum atomic E-state index is -0.997. The standard InChI is InChI=1S/C15H25N3O3/c1-3-13(11-7-5-4-6-8-11)18-14(19)9-12(16-18)10-17(2)15(20)21/h11,13H,3-10H2,1-2H3,(H,20,21). The van der Waals surface area contributed by atoms with Gasteiger partial charge in [0.25, 0.3) is 0 Å². The van der Waals surface area contributed by atoms with E-state index >= 15 is 0 Å². The van der Waals surface area contributed by atoms with Gasteiger partial charge in [0.15, 0.2) is 0 Å². The fourth-order valence-corrected chi connectivity index (χ4v) is 3.41. The minimum Gasteiger partial charge on any atom is -0.465 e. The van der Waals surface area contributed by atoms with Gasteiger partial charge < -0.3 is 10.0 Å². The van der Waals surface area contributed by atoms with Crippen molar-refractivity contribution in [1.29, 1.82) is 0 Å². The quantitative estimate of drug-likeness (QED) is 0.847. The predicted molar refractivity (Wildman–Crippen MR) is 80.2 cm³/mol. The first-order valence-corrected chi connectivity index (χ1v) is 7.85. The van der Waals surface area contributed by atoms with E-state index in [0.29, 0.717) is 11.6 Å². The molecule has 1 fully saturated rings. The molecule has 1 atom stereocenters. The van der Waals surface area contributed by atoms with E-state index < -0.39 is 6.09 Å². The van der Waals surface area contributed by atoms with Gasteiger partial charge in [-0.05, 0) is 25.2 Å². The maximum Gasteiger partial charge on any atom is 0.407 e. The summed E-state index contributed by atoms with van der Waals surface area (Å²) in [5, 5.41) is 15.0. The molecule has 118 valence electrons. The van der Waals surface area contributed by atoms with E-state index in [2.05, 4.69) is 12.0 Å². The molecule has 1 aliphatic heterocycles. The Labute approximate surface area is 125 Å². The molecule has 21 heavy (non-hydrogen) atoms. The molecule has 2 amide bonds. The maximum absolute atomic E-state index is 12.2. The first-order valence-electron chi connectivity index (χ1n) is 7.85. The number of hydrogen-bond donors (Lipinski definition) is 1. The fraction of sp³-hybridized carbons (Fsp3) is 0.800. The van der Waals surface area contributed by atoms with Gasteiger partial charge in [-0.15, -0.1) is 0 Å². The van der Waals surface area contributed by atoms with Crippen LogP contribution in [0.15, 0.2) is 5.10 Å². The molecule has 1 aliphatic carbocycles. The molecule has 2 aliphatic rings. The van der Waals surface area contributed by atoms with Crippen LogP contribution in [0.25, 0.3) is 0 Å². The van der Waals surface area contributed by atoms with Crippen LogP contribution in [-0.4, -0.2) is 52.4 Å². The lowest BCUT2D eigenvalue weighted by Crippen LogP contribution is -2.39. The lowest BCUT2D eigenvalue weighted by molar-refractivity contribution is -0.132. The Morgan fingerprint density at radius 2 is 2.10 bits per heavy atom. The summed E-state index contributed by atoms with van der Waals surface area (Å²) in [7, 11) is 1.50. The highest BCUT2D eigenvalue weighted by Crippen LogP contribution is 2.32. The van der Waals surface area contributed by atoms with Crippen LogP contribution in [0.4, 0.5) is 4.79 Å². The number of carbonyl (C=O) groups is 2. The Balaban J connectivity index is 2.04. The predicted octanol–water partition coefficient (Wildman–Crippen LogP) is 2.54. The van der Waals surface area contributed by atoms with Gasteiger partial charge in [0.05, 0.1) is 24.7 Å². The number of rotatable bonds is 5. The molecule has 1 saturated carbocycles. The van der Waals surface area contributed by atoms with E-state index in [1.165, 1.54) is 39.2 Å². The Morgan fingerprint density at radius 1 is 1.43 bits per heavy atom. The van der Waals surface area contributed by atoms with Gasteiger partial charge in [-0.2, -0.15) is 5.10 Å². The van der Waals surface area contributed by atoms with Crippen LogP contribution in [0.1, 0.15) is 51.9 Å². The Kier molecular flexibility index (Phi) is 5.20. The third-order valence-corrected chi connectivity index (χ3v) is 4.53. The molecule has 0 radical (unpaired) electrons. The largest absolute Gasteiger partial charge is 0.465 e. The molecule has 1 heterocycles. The van der Waals surface area contributed by atoms with Crippen molar-refractivity contribution in [3.63, 3.8) is 0 Å². The van der Waals surface area contributed by atoms with Crippen LogP contribution in [0.3, 0.4) is 0 Å². The summed E-state index contributed by atoms with van der Waals surface area (Å²) in [5.41, 5.74) is 0.652. The van der Waals surface area contributed by atoms with Crippen molar-refractivity contribution in [3.05, 3.63) is 0 Å². The first kappa shape index (κ1) is 15.8. The van der Waals surface area contributed by atoms with Crippen LogP contribution in [0.2, 0.25) is 0 Å². The van der Waals surface area contributed by atoms with Crippen LogP contribution in [0.5, 0.6) is 0 Å². The molecule has 0 aromatic rings. The van der Waals surface area contributed by atoms with E-state index in [9.17, 15) is 9.59 Å². The molecule has 0 bridgehead atoms. The topological polar surface area (TPSA) is 73.2 Å². The summed E-state index contributed by atoms with van der Waals surface area (Å²) in [5.74, 6) is 0.550. The highest BCUT2D eigenvalue weighted by Gasteiger charge is 2.35. The summed E-state index contributed by atoms with van der Waals surface area (Å²) in [4.78, 5) is 24.2. The van der Waals surface area contributed by atoms with E-state index in [-0.39, 0.29) is 24.9 Å². The molecule has 6 nitrogen and oxygen atoms in total. The van der Waals surface area contributed by atoms with Gasteiger partial charge >= 0.3 is 6.09 Å². The van der Waals surface area contributed by atoms with Gasteiger partial charge in [-0.3, -0.25) is 4.79 Å². The van der Waals surface area contributed by atoms with E-state index in [1.807, 2.05) is 0 Å².